The molecule has 0 fully saturated rings. The Morgan fingerprint density at radius 3 is 2.73 bits per heavy atom. The van der Waals surface area contributed by atoms with Gasteiger partial charge in [-0.05, 0) is 12.1 Å². The first-order valence-electron chi connectivity index (χ1n) is 4.42. The van der Waals surface area contributed by atoms with E-state index in [0.717, 1.165) is 11.3 Å². The molecule has 0 saturated heterocycles. The van der Waals surface area contributed by atoms with E-state index in [9.17, 15) is 0 Å². The molecule has 74 valence electrons. The molecule has 1 heterocycles. The SMILES string of the molecule is N#CCn1nncc1-c1ccc(N)cc1. The Bertz CT molecular complexity index is 491. The van der Waals surface area contributed by atoms with Gasteiger partial charge in [-0.1, -0.05) is 17.3 Å². The highest BCUT2D eigenvalue weighted by Crippen LogP contribution is 2.18. The standard InChI is InChI=1S/C10H9N5/c11-5-6-15-10(7-13-14-15)8-1-3-9(12)4-2-8/h1-4,7H,6,12H2. The number of nitrogens with two attached hydrogens (primary N) is 1. The first-order valence-corrected chi connectivity index (χ1v) is 4.42. The molecule has 5 heteroatoms. The van der Waals surface area contributed by atoms with E-state index in [1.165, 1.54) is 0 Å². The van der Waals surface area contributed by atoms with Gasteiger partial charge in [0.05, 0.1) is 18.0 Å². The zero-order valence-corrected chi connectivity index (χ0v) is 7.96. The average Bonchev–Trinajstić information content (AvgIpc) is 2.68. The number of aromatic nitrogens is 3. The summed E-state index contributed by atoms with van der Waals surface area (Å²) in [5.41, 5.74) is 8.06. The number of rotatable bonds is 2. The predicted molar refractivity (Wildman–Crippen MR) is 55.5 cm³/mol. The van der Waals surface area contributed by atoms with E-state index in [-0.39, 0.29) is 6.54 Å². The van der Waals surface area contributed by atoms with Crippen molar-refractivity contribution >= 4 is 5.69 Å². The van der Waals surface area contributed by atoms with Crippen LogP contribution in [-0.4, -0.2) is 15.0 Å². The lowest BCUT2D eigenvalue weighted by Crippen LogP contribution is -2.00. The highest BCUT2D eigenvalue weighted by molar-refractivity contribution is 5.61. The van der Waals surface area contributed by atoms with E-state index in [1.54, 1.807) is 23.0 Å². The number of anilines is 1. The first-order chi connectivity index (χ1) is 7.31. The molecule has 2 rings (SSSR count). The van der Waals surface area contributed by atoms with Gasteiger partial charge < -0.3 is 5.73 Å². The van der Waals surface area contributed by atoms with Crippen LogP contribution in [0.15, 0.2) is 30.5 Å². The second-order valence-corrected chi connectivity index (χ2v) is 3.06. The lowest BCUT2D eigenvalue weighted by molar-refractivity contribution is 0.674. The zero-order valence-electron chi connectivity index (χ0n) is 7.96. The lowest BCUT2D eigenvalue weighted by atomic mass is 10.1. The molecule has 1 aromatic heterocycles. The minimum atomic E-state index is 0.194. The number of benzene rings is 1. The molecule has 5 nitrogen and oxygen atoms in total. The topological polar surface area (TPSA) is 80.5 Å². The Hall–Kier alpha value is -2.35. The molecule has 0 atom stereocenters. The largest absolute Gasteiger partial charge is 0.399 e. The summed E-state index contributed by atoms with van der Waals surface area (Å²) < 4.78 is 1.55. The van der Waals surface area contributed by atoms with E-state index in [4.69, 9.17) is 11.0 Å². The molecule has 0 unspecified atom stereocenters. The minimum absolute atomic E-state index is 0.194. The molecule has 0 spiro atoms. The Balaban J connectivity index is 2.41. The third kappa shape index (κ3) is 1.79. The molecule has 15 heavy (non-hydrogen) atoms. The fraction of sp³-hybridized carbons (Fsp3) is 0.100. The minimum Gasteiger partial charge on any atom is -0.399 e. The van der Waals surface area contributed by atoms with Crippen LogP contribution in [-0.2, 0) is 6.54 Å². The maximum absolute atomic E-state index is 8.59. The number of nitriles is 1. The van der Waals surface area contributed by atoms with Crippen molar-refractivity contribution in [2.24, 2.45) is 0 Å². The summed E-state index contributed by atoms with van der Waals surface area (Å²) in [5, 5.41) is 16.2. The van der Waals surface area contributed by atoms with Crippen molar-refractivity contribution in [2.45, 2.75) is 6.54 Å². The Kier molecular flexibility index (Phi) is 2.33. The van der Waals surface area contributed by atoms with Crippen LogP contribution >= 0.6 is 0 Å². The van der Waals surface area contributed by atoms with Gasteiger partial charge in [-0.15, -0.1) is 5.10 Å². The molecule has 2 aromatic rings. The summed E-state index contributed by atoms with van der Waals surface area (Å²) in [7, 11) is 0. The summed E-state index contributed by atoms with van der Waals surface area (Å²) in [5.74, 6) is 0. The van der Waals surface area contributed by atoms with E-state index < -0.39 is 0 Å². The Morgan fingerprint density at radius 2 is 2.07 bits per heavy atom. The highest BCUT2D eigenvalue weighted by Gasteiger charge is 2.05. The lowest BCUT2D eigenvalue weighted by Gasteiger charge is -2.02. The van der Waals surface area contributed by atoms with E-state index in [1.807, 2.05) is 18.2 Å². The predicted octanol–water partition coefficient (Wildman–Crippen LogP) is 1.05. The molecule has 0 aliphatic carbocycles. The second kappa shape index (κ2) is 3.80. The number of hydrogen-bond donors (Lipinski definition) is 1. The van der Waals surface area contributed by atoms with Gasteiger partial charge in [0.25, 0.3) is 0 Å². The molecule has 0 radical (unpaired) electrons. The first kappa shape index (κ1) is 9.21. The van der Waals surface area contributed by atoms with Crippen molar-refractivity contribution in [3.05, 3.63) is 30.5 Å². The third-order valence-electron chi connectivity index (χ3n) is 2.04. The summed E-state index contributed by atoms with van der Waals surface area (Å²) in [6.07, 6.45) is 1.63. The summed E-state index contributed by atoms with van der Waals surface area (Å²) >= 11 is 0. The summed E-state index contributed by atoms with van der Waals surface area (Å²) in [6.45, 7) is 0.194. The fourth-order valence-electron chi connectivity index (χ4n) is 1.32. The number of nitrogen functional groups attached to an aromatic ring is 1. The van der Waals surface area contributed by atoms with Gasteiger partial charge in [0.1, 0.15) is 6.54 Å². The van der Waals surface area contributed by atoms with Crippen molar-refractivity contribution in [1.82, 2.24) is 15.0 Å². The maximum Gasteiger partial charge on any atom is 0.130 e. The molecule has 2 N–H and O–H groups in total. The molecular formula is C10H9N5. The normalized spacial score (nSPS) is 9.80. The van der Waals surface area contributed by atoms with Crippen LogP contribution in [0.5, 0.6) is 0 Å². The van der Waals surface area contributed by atoms with Crippen LogP contribution in [0, 0.1) is 11.3 Å². The van der Waals surface area contributed by atoms with E-state index in [0.29, 0.717) is 5.69 Å². The third-order valence-corrected chi connectivity index (χ3v) is 2.04. The van der Waals surface area contributed by atoms with Crippen LogP contribution in [0.3, 0.4) is 0 Å². The number of hydrogen-bond acceptors (Lipinski definition) is 4. The van der Waals surface area contributed by atoms with Crippen LogP contribution in [0.1, 0.15) is 0 Å². The second-order valence-electron chi connectivity index (χ2n) is 3.06. The van der Waals surface area contributed by atoms with Crippen LogP contribution in [0.2, 0.25) is 0 Å². The van der Waals surface area contributed by atoms with Crippen LogP contribution in [0.4, 0.5) is 5.69 Å². The van der Waals surface area contributed by atoms with Crippen LogP contribution in [0.25, 0.3) is 11.3 Å². The Labute approximate surface area is 86.7 Å². The molecular weight excluding hydrogens is 190 g/mol. The van der Waals surface area contributed by atoms with Gasteiger partial charge in [0.15, 0.2) is 0 Å². The summed E-state index contributed by atoms with van der Waals surface area (Å²) in [4.78, 5) is 0. The van der Waals surface area contributed by atoms with Gasteiger partial charge in [-0.3, -0.25) is 0 Å². The van der Waals surface area contributed by atoms with E-state index in [2.05, 4.69) is 10.3 Å². The molecule has 0 amide bonds. The smallest absolute Gasteiger partial charge is 0.130 e. The van der Waals surface area contributed by atoms with Crippen molar-refractivity contribution in [3.63, 3.8) is 0 Å². The van der Waals surface area contributed by atoms with Crippen molar-refractivity contribution in [2.75, 3.05) is 5.73 Å². The van der Waals surface area contributed by atoms with Crippen LogP contribution < -0.4 is 5.73 Å². The van der Waals surface area contributed by atoms with E-state index >= 15 is 0 Å². The van der Waals surface area contributed by atoms with Gasteiger partial charge in [-0.2, -0.15) is 5.26 Å². The molecule has 0 saturated carbocycles. The molecule has 0 aliphatic heterocycles. The Morgan fingerprint density at radius 1 is 1.33 bits per heavy atom. The molecule has 0 aliphatic rings. The summed E-state index contributed by atoms with van der Waals surface area (Å²) in [6, 6.07) is 9.39. The molecule has 0 bridgehead atoms. The quantitative estimate of drug-likeness (QED) is 0.733. The monoisotopic (exact) mass is 199 g/mol. The maximum atomic E-state index is 8.59. The van der Waals surface area contributed by atoms with Gasteiger partial charge >= 0.3 is 0 Å². The number of nitrogens with zero attached hydrogens (tertiary/aromatic N) is 4. The molecule has 1 aromatic carbocycles. The average molecular weight is 199 g/mol. The van der Waals surface area contributed by atoms with Gasteiger partial charge in [0, 0.05) is 11.3 Å². The van der Waals surface area contributed by atoms with Crippen molar-refractivity contribution in [1.29, 1.82) is 5.26 Å². The van der Waals surface area contributed by atoms with Crippen molar-refractivity contribution < 1.29 is 0 Å². The highest BCUT2D eigenvalue weighted by atomic mass is 15.4. The van der Waals surface area contributed by atoms with Crippen molar-refractivity contribution in [3.8, 4) is 17.3 Å². The van der Waals surface area contributed by atoms with Gasteiger partial charge in [-0.25, -0.2) is 4.68 Å². The van der Waals surface area contributed by atoms with Gasteiger partial charge in [0.2, 0.25) is 0 Å². The fourth-order valence-corrected chi connectivity index (χ4v) is 1.32. The zero-order chi connectivity index (χ0) is 10.7.